The van der Waals surface area contributed by atoms with Gasteiger partial charge in [0.25, 0.3) is 5.91 Å². The molecule has 0 bridgehead atoms. The van der Waals surface area contributed by atoms with Crippen LogP contribution in [-0.4, -0.2) is 28.9 Å². The van der Waals surface area contributed by atoms with Crippen molar-refractivity contribution in [2.24, 2.45) is 0 Å². The largest absolute Gasteiger partial charge is 0.358 e. The van der Waals surface area contributed by atoms with Gasteiger partial charge in [0.05, 0.1) is 0 Å². The minimum Gasteiger partial charge on any atom is -0.358 e. The molecule has 4 rings (SSSR count). The van der Waals surface area contributed by atoms with Gasteiger partial charge in [0.1, 0.15) is 0 Å². The molecule has 2 heterocycles. The van der Waals surface area contributed by atoms with E-state index in [1.165, 1.54) is 22.2 Å². The van der Waals surface area contributed by atoms with Gasteiger partial charge in [-0.15, -0.1) is 0 Å². The summed E-state index contributed by atoms with van der Waals surface area (Å²) >= 11 is 6.01. The molecule has 1 N–H and O–H groups in total. The van der Waals surface area contributed by atoms with Gasteiger partial charge in [-0.3, -0.25) is 4.79 Å². The third-order valence-electron chi connectivity index (χ3n) is 4.52. The second-order valence-corrected chi connectivity index (χ2v) is 6.37. The van der Waals surface area contributed by atoms with E-state index in [0.717, 1.165) is 25.9 Å². The van der Waals surface area contributed by atoms with Crippen molar-refractivity contribution in [1.29, 1.82) is 0 Å². The Hall–Kier alpha value is -2.26. The van der Waals surface area contributed by atoms with Crippen LogP contribution < -0.4 is 0 Å². The van der Waals surface area contributed by atoms with Crippen molar-refractivity contribution in [2.75, 3.05) is 13.1 Å². The third kappa shape index (κ3) is 2.62. The van der Waals surface area contributed by atoms with Gasteiger partial charge in [0.15, 0.2) is 0 Å². The summed E-state index contributed by atoms with van der Waals surface area (Å²) in [5.41, 5.74) is 4.45. The molecule has 1 aromatic heterocycles. The van der Waals surface area contributed by atoms with Crippen LogP contribution in [0.5, 0.6) is 0 Å². The maximum absolute atomic E-state index is 12.7. The molecule has 0 aliphatic carbocycles. The molecule has 2 aromatic carbocycles. The first kappa shape index (κ1) is 14.3. The fraction of sp³-hybridized carbons (Fsp3) is 0.211. The van der Waals surface area contributed by atoms with Crippen LogP contribution in [0.3, 0.4) is 0 Å². The van der Waals surface area contributed by atoms with E-state index in [9.17, 15) is 4.79 Å². The zero-order chi connectivity index (χ0) is 15.8. The Balaban J connectivity index is 1.60. The van der Waals surface area contributed by atoms with Gasteiger partial charge >= 0.3 is 0 Å². The van der Waals surface area contributed by atoms with Crippen molar-refractivity contribution in [3.05, 3.63) is 70.4 Å². The topological polar surface area (TPSA) is 36.1 Å². The molecule has 0 unspecified atom stereocenters. The molecule has 0 spiro atoms. The van der Waals surface area contributed by atoms with Crippen LogP contribution in [0.25, 0.3) is 10.9 Å². The second kappa shape index (κ2) is 5.74. The highest BCUT2D eigenvalue weighted by Gasteiger charge is 2.22. The minimum absolute atomic E-state index is 0.0574. The van der Waals surface area contributed by atoms with Crippen LogP contribution in [-0.2, 0) is 12.8 Å². The number of hydrogen-bond donors (Lipinski definition) is 1. The van der Waals surface area contributed by atoms with Crippen LogP contribution in [0, 0.1) is 0 Å². The Labute approximate surface area is 139 Å². The summed E-state index contributed by atoms with van der Waals surface area (Å²) in [5, 5.41) is 1.88. The summed E-state index contributed by atoms with van der Waals surface area (Å²) in [6.07, 6.45) is 1.74. The smallest absolute Gasteiger partial charge is 0.253 e. The fourth-order valence-electron chi connectivity index (χ4n) is 3.37. The predicted molar refractivity (Wildman–Crippen MR) is 93.1 cm³/mol. The van der Waals surface area contributed by atoms with E-state index in [2.05, 4.69) is 23.2 Å². The SMILES string of the molecule is O=C(c1cccc(Cl)c1)N1CCc2[nH]c3ccccc3c2CC1. The van der Waals surface area contributed by atoms with Crippen LogP contribution in [0.1, 0.15) is 21.6 Å². The number of H-pyrrole nitrogens is 1. The monoisotopic (exact) mass is 324 g/mol. The number of hydrogen-bond acceptors (Lipinski definition) is 1. The number of para-hydroxylation sites is 1. The van der Waals surface area contributed by atoms with Crippen molar-refractivity contribution in [3.8, 4) is 0 Å². The number of nitrogens with zero attached hydrogens (tertiary/aromatic N) is 1. The molecule has 0 saturated carbocycles. The van der Waals surface area contributed by atoms with Crippen LogP contribution in [0.4, 0.5) is 0 Å². The molecule has 0 radical (unpaired) electrons. The molecule has 3 nitrogen and oxygen atoms in total. The molecule has 4 heteroatoms. The quantitative estimate of drug-likeness (QED) is 0.720. The summed E-state index contributed by atoms with van der Waals surface area (Å²) in [6.45, 7) is 1.46. The number of halogens is 1. The average molecular weight is 325 g/mol. The highest BCUT2D eigenvalue weighted by atomic mass is 35.5. The van der Waals surface area contributed by atoms with Gasteiger partial charge in [-0.25, -0.2) is 0 Å². The van der Waals surface area contributed by atoms with Crippen molar-refractivity contribution < 1.29 is 4.79 Å². The average Bonchev–Trinajstić information content (AvgIpc) is 2.79. The van der Waals surface area contributed by atoms with Crippen LogP contribution >= 0.6 is 11.6 Å². The predicted octanol–water partition coefficient (Wildman–Crippen LogP) is 4.06. The minimum atomic E-state index is 0.0574. The molecule has 3 aromatic rings. The van der Waals surface area contributed by atoms with E-state index in [4.69, 9.17) is 11.6 Å². The molecule has 1 aliphatic heterocycles. The van der Waals surface area contributed by atoms with Crippen LogP contribution in [0.15, 0.2) is 48.5 Å². The molecule has 1 aliphatic rings. The lowest BCUT2D eigenvalue weighted by molar-refractivity contribution is 0.0763. The Morgan fingerprint density at radius 1 is 1.04 bits per heavy atom. The number of amides is 1. The highest BCUT2D eigenvalue weighted by Crippen LogP contribution is 2.26. The number of carbonyl (C=O) groups excluding carboxylic acids is 1. The zero-order valence-corrected chi connectivity index (χ0v) is 13.4. The van der Waals surface area contributed by atoms with E-state index < -0.39 is 0 Å². The zero-order valence-electron chi connectivity index (χ0n) is 12.7. The first-order valence-electron chi connectivity index (χ1n) is 7.85. The first-order chi connectivity index (χ1) is 11.2. The molecule has 0 saturated heterocycles. The maximum Gasteiger partial charge on any atom is 0.253 e. The number of aromatic amines is 1. The highest BCUT2D eigenvalue weighted by molar-refractivity contribution is 6.30. The summed E-state index contributed by atoms with van der Waals surface area (Å²) in [7, 11) is 0. The standard InChI is InChI=1S/C19H17ClN2O/c20-14-5-3-4-13(12-14)19(23)22-10-8-16-15-6-1-2-7-17(15)21-18(16)9-11-22/h1-7,12,21H,8-11H2. The fourth-order valence-corrected chi connectivity index (χ4v) is 3.56. The number of nitrogens with one attached hydrogen (secondary N) is 1. The molecule has 0 atom stereocenters. The Morgan fingerprint density at radius 2 is 1.87 bits per heavy atom. The number of carbonyl (C=O) groups is 1. The normalized spacial score (nSPS) is 14.6. The van der Waals surface area contributed by atoms with E-state index in [0.29, 0.717) is 10.6 Å². The van der Waals surface area contributed by atoms with Crippen molar-refractivity contribution in [3.63, 3.8) is 0 Å². The maximum atomic E-state index is 12.7. The van der Waals surface area contributed by atoms with Crippen molar-refractivity contribution in [2.45, 2.75) is 12.8 Å². The lowest BCUT2D eigenvalue weighted by atomic mass is 10.1. The van der Waals surface area contributed by atoms with Gasteiger partial charge in [0.2, 0.25) is 0 Å². The molecular weight excluding hydrogens is 308 g/mol. The van der Waals surface area contributed by atoms with Crippen LogP contribution in [0.2, 0.25) is 5.02 Å². The number of aromatic nitrogens is 1. The van der Waals surface area contributed by atoms with Crippen molar-refractivity contribution in [1.82, 2.24) is 9.88 Å². The lowest BCUT2D eigenvalue weighted by Gasteiger charge is -2.20. The molecular formula is C19H17ClN2O. The summed E-state index contributed by atoms with van der Waals surface area (Å²) in [5.74, 6) is 0.0574. The van der Waals surface area contributed by atoms with Gasteiger partial charge in [-0.1, -0.05) is 35.9 Å². The van der Waals surface area contributed by atoms with E-state index in [1.54, 1.807) is 12.1 Å². The number of rotatable bonds is 1. The van der Waals surface area contributed by atoms with Crippen molar-refractivity contribution >= 4 is 28.4 Å². The molecule has 1 amide bonds. The van der Waals surface area contributed by atoms with Gasteiger partial charge in [0, 0.05) is 46.7 Å². The van der Waals surface area contributed by atoms with Gasteiger partial charge in [-0.05, 0) is 36.2 Å². The molecule has 23 heavy (non-hydrogen) atoms. The van der Waals surface area contributed by atoms with Gasteiger partial charge in [-0.2, -0.15) is 0 Å². The summed E-state index contributed by atoms with van der Waals surface area (Å²) in [6, 6.07) is 15.6. The Morgan fingerprint density at radius 3 is 2.74 bits per heavy atom. The summed E-state index contributed by atoms with van der Waals surface area (Å²) < 4.78 is 0. The second-order valence-electron chi connectivity index (χ2n) is 5.93. The lowest BCUT2D eigenvalue weighted by Crippen LogP contribution is -2.33. The van der Waals surface area contributed by atoms with E-state index in [-0.39, 0.29) is 5.91 Å². The third-order valence-corrected chi connectivity index (χ3v) is 4.76. The molecule has 116 valence electrons. The number of fused-ring (bicyclic) bond motifs is 3. The first-order valence-corrected chi connectivity index (χ1v) is 8.23. The molecule has 0 fully saturated rings. The Bertz CT molecular complexity index is 884. The van der Waals surface area contributed by atoms with E-state index in [1.807, 2.05) is 23.1 Å². The number of benzene rings is 2. The summed E-state index contributed by atoms with van der Waals surface area (Å²) in [4.78, 5) is 18.1. The van der Waals surface area contributed by atoms with Gasteiger partial charge < -0.3 is 9.88 Å². The van der Waals surface area contributed by atoms with E-state index >= 15 is 0 Å². The Kier molecular flexibility index (Phi) is 3.58.